The van der Waals surface area contributed by atoms with Gasteiger partial charge in [-0.05, 0) is 93.3 Å². The van der Waals surface area contributed by atoms with E-state index in [0.717, 1.165) is 9.79 Å². The second kappa shape index (κ2) is 39.5. The first-order valence-electron chi connectivity index (χ1n) is 25.5. The lowest BCUT2D eigenvalue weighted by Crippen LogP contribution is -2.50. The predicted molar refractivity (Wildman–Crippen MR) is 258 cm³/mol. The zero-order chi connectivity index (χ0) is 43.8. The Hall–Kier alpha value is -2.31. The van der Waals surface area contributed by atoms with Crippen LogP contribution in [0.2, 0.25) is 0 Å². The summed E-state index contributed by atoms with van der Waals surface area (Å²) in [6.45, 7) is 15.3. The Morgan fingerprint density at radius 1 is 0.400 bits per heavy atom. The summed E-state index contributed by atoms with van der Waals surface area (Å²) in [6, 6.07) is 12.8. The van der Waals surface area contributed by atoms with Crippen molar-refractivity contribution in [1.82, 2.24) is 0 Å². The molecule has 0 atom stereocenters. The number of carboxylic acid groups (broad SMARTS) is 2. The number of carbonyl (C=O) groups is 2. The number of nitrogens with zero attached hydrogens (tertiary/aromatic N) is 1. The number of carbonyl (C=O) groups excluding carboxylic acids is 1. The fourth-order valence-electron chi connectivity index (χ4n) is 8.46. The molecule has 0 heterocycles. The Bertz CT molecular complexity index is 1120. The largest absolute Gasteiger partial charge is 0.545 e. The van der Waals surface area contributed by atoms with E-state index in [2.05, 4.69) is 27.7 Å². The molecule has 1 N–H and O–H groups in total. The summed E-state index contributed by atoms with van der Waals surface area (Å²) < 4.78 is 1.48. The molecule has 6 heteroatoms. The highest BCUT2D eigenvalue weighted by molar-refractivity contribution is 7.99. The molecule has 0 saturated carbocycles. The van der Waals surface area contributed by atoms with Crippen LogP contribution < -0.4 is 5.11 Å². The molecule has 0 aliphatic carbocycles. The van der Waals surface area contributed by atoms with E-state index in [1.165, 1.54) is 272 Å². The van der Waals surface area contributed by atoms with Gasteiger partial charge in [-0.15, -0.1) is 0 Å². The Balaban J connectivity index is 0.000000778. The summed E-state index contributed by atoms with van der Waals surface area (Å²) >= 11 is 1.42. The number of aromatic carboxylic acids is 2. The molecule has 0 aliphatic heterocycles. The highest BCUT2D eigenvalue weighted by Gasteiger charge is 2.25. The third-order valence-electron chi connectivity index (χ3n) is 12.4. The predicted octanol–water partition coefficient (Wildman–Crippen LogP) is 16.3. The number of rotatable bonds is 40. The van der Waals surface area contributed by atoms with Crippen molar-refractivity contribution in [3.05, 3.63) is 59.7 Å². The molecule has 2 aromatic carbocycles. The monoisotopic (exact) mass is 852 g/mol. The third-order valence-corrected chi connectivity index (χ3v) is 13.4. The number of benzene rings is 2. The van der Waals surface area contributed by atoms with Gasteiger partial charge in [0.05, 0.1) is 37.7 Å². The molecule has 5 nitrogen and oxygen atoms in total. The second-order valence-corrected chi connectivity index (χ2v) is 19.0. The summed E-state index contributed by atoms with van der Waals surface area (Å²) in [5.74, 6) is -2.17. The van der Waals surface area contributed by atoms with Crippen LogP contribution >= 0.6 is 11.8 Å². The Labute approximate surface area is 375 Å². The van der Waals surface area contributed by atoms with E-state index in [9.17, 15) is 14.7 Å². The highest BCUT2D eigenvalue weighted by Crippen LogP contribution is 2.28. The number of hydrogen-bond donors (Lipinski definition) is 1. The second-order valence-electron chi connectivity index (χ2n) is 17.9. The Morgan fingerprint density at radius 2 is 0.633 bits per heavy atom. The van der Waals surface area contributed by atoms with Crippen molar-refractivity contribution in [1.29, 1.82) is 0 Å². The SMILES string of the molecule is CCCCCCCCCC[N+](CCCCCCCCCC)(CCCCCCCCCC)CCCCCCCCCC.O=C([O-])c1ccc(Sc2ccc(C(=O)O)cc2)cc1. The molecule has 60 heavy (non-hydrogen) atoms. The van der Waals surface area contributed by atoms with Crippen LogP contribution in [-0.4, -0.2) is 47.7 Å². The van der Waals surface area contributed by atoms with E-state index < -0.39 is 11.9 Å². The number of unbranched alkanes of at least 4 members (excludes halogenated alkanes) is 28. The summed E-state index contributed by atoms with van der Waals surface area (Å²) in [5, 5.41) is 19.4. The van der Waals surface area contributed by atoms with Gasteiger partial charge in [-0.2, -0.15) is 0 Å². The molecule has 2 rings (SSSR count). The molecule has 0 fully saturated rings. The number of carboxylic acids is 2. The standard InChI is InChI=1S/C40H84N.C14H10O4S/c1-5-9-13-17-21-25-29-33-37-41(38-34-30-26-22-18-14-10-6-2,39-35-31-27-23-19-15-11-7-3)40-36-32-28-24-20-16-12-8-4;15-13(16)9-1-5-11(6-2-9)19-12-7-3-10(4-8-12)14(17)18/h5-40H2,1-4H3;1-8H,(H,15,16)(H,17,18)/q+1;/p-1. The van der Waals surface area contributed by atoms with Crippen molar-refractivity contribution in [2.45, 2.75) is 243 Å². The van der Waals surface area contributed by atoms with Gasteiger partial charge in [0.2, 0.25) is 0 Å². The van der Waals surface area contributed by atoms with Crippen LogP contribution in [0.5, 0.6) is 0 Å². The third kappa shape index (κ3) is 30.7. The van der Waals surface area contributed by atoms with E-state index in [4.69, 9.17) is 5.11 Å². The zero-order valence-electron chi connectivity index (χ0n) is 39.6. The molecule has 344 valence electrons. The van der Waals surface area contributed by atoms with Crippen LogP contribution in [0.15, 0.2) is 58.3 Å². The van der Waals surface area contributed by atoms with Gasteiger partial charge in [0.1, 0.15) is 0 Å². The van der Waals surface area contributed by atoms with E-state index in [-0.39, 0.29) is 11.1 Å². The first kappa shape index (κ1) is 55.7. The van der Waals surface area contributed by atoms with Gasteiger partial charge in [-0.25, -0.2) is 4.79 Å². The maximum atomic E-state index is 10.7. The van der Waals surface area contributed by atoms with Gasteiger partial charge in [0.25, 0.3) is 0 Å². The van der Waals surface area contributed by atoms with Crippen molar-refractivity contribution in [3.63, 3.8) is 0 Å². The van der Waals surface area contributed by atoms with E-state index in [0.29, 0.717) is 0 Å². The first-order valence-corrected chi connectivity index (χ1v) is 26.3. The van der Waals surface area contributed by atoms with Crippen molar-refractivity contribution in [3.8, 4) is 0 Å². The Kier molecular flexibility index (Phi) is 36.7. The lowest BCUT2D eigenvalue weighted by Gasteiger charge is -2.40. The van der Waals surface area contributed by atoms with Crippen molar-refractivity contribution >= 4 is 23.7 Å². The topological polar surface area (TPSA) is 77.4 Å². The van der Waals surface area contributed by atoms with Crippen molar-refractivity contribution in [2.24, 2.45) is 0 Å². The van der Waals surface area contributed by atoms with Gasteiger partial charge in [-0.3, -0.25) is 0 Å². The minimum absolute atomic E-state index is 0.130. The van der Waals surface area contributed by atoms with Crippen LogP contribution in [0.25, 0.3) is 0 Å². The summed E-state index contributed by atoms with van der Waals surface area (Å²) in [4.78, 5) is 23.1. The van der Waals surface area contributed by atoms with Crippen molar-refractivity contribution in [2.75, 3.05) is 26.2 Å². The molecular weight excluding hydrogens is 759 g/mol. The summed E-state index contributed by atoms with van der Waals surface area (Å²) in [7, 11) is 0. The van der Waals surface area contributed by atoms with Gasteiger partial charge in [0, 0.05) is 9.79 Å². The molecule has 0 radical (unpaired) electrons. The molecule has 0 unspecified atom stereocenters. The molecule has 0 aliphatic rings. The maximum absolute atomic E-state index is 10.7. The zero-order valence-corrected chi connectivity index (χ0v) is 40.4. The van der Waals surface area contributed by atoms with Gasteiger partial charge in [0.15, 0.2) is 0 Å². The lowest BCUT2D eigenvalue weighted by molar-refractivity contribution is -0.929. The summed E-state index contributed by atoms with van der Waals surface area (Å²) in [6.07, 6.45) is 46.7. The molecule has 0 aromatic heterocycles. The van der Waals surface area contributed by atoms with Crippen LogP contribution in [0, 0.1) is 0 Å². The molecule has 0 saturated heterocycles. The Morgan fingerprint density at radius 3 is 0.867 bits per heavy atom. The smallest absolute Gasteiger partial charge is 0.335 e. The molecule has 0 amide bonds. The normalized spacial score (nSPS) is 11.4. The first-order chi connectivity index (χ1) is 29.3. The summed E-state index contributed by atoms with van der Waals surface area (Å²) in [5.41, 5.74) is 0.363. The average Bonchev–Trinajstić information content (AvgIpc) is 3.25. The van der Waals surface area contributed by atoms with E-state index in [1.54, 1.807) is 24.3 Å². The highest BCUT2D eigenvalue weighted by atomic mass is 32.2. The van der Waals surface area contributed by atoms with Crippen LogP contribution in [0.1, 0.15) is 254 Å². The molecule has 0 bridgehead atoms. The average molecular weight is 852 g/mol. The van der Waals surface area contributed by atoms with Gasteiger partial charge < -0.3 is 19.5 Å². The maximum Gasteiger partial charge on any atom is 0.335 e. The molecule has 2 aromatic rings. The molecule has 0 spiro atoms. The van der Waals surface area contributed by atoms with Crippen molar-refractivity contribution < 1.29 is 24.3 Å². The van der Waals surface area contributed by atoms with Crippen LogP contribution in [0.4, 0.5) is 0 Å². The minimum atomic E-state index is -1.21. The quantitative estimate of drug-likeness (QED) is 0.0534. The van der Waals surface area contributed by atoms with Crippen LogP contribution in [0.3, 0.4) is 0 Å². The fraction of sp³-hybridized carbons (Fsp3) is 0.741. The number of quaternary nitrogens is 1. The van der Waals surface area contributed by atoms with Crippen LogP contribution in [-0.2, 0) is 0 Å². The fourth-order valence-corrected chi connectivity index (χ4v) is 9.27. The number of hydrogen-bond acceptors (Lipinski definition) is 4. The van der Waals surface area contributed by atoms with Gasteiger partial charge in [-0.1, -0.05) is 206 Å². The molecular formula is C54H93NO4S. The van der Waals surface area contributed by atoms with Gasteiger partial charge >= 0.3 is 5.97 Å². The lowest BCUT2D eigenvalue weighted by atomic mass is 10.0. The minimum Gasteiger partial charge on any atom is -0.545 e. The van der Waals surface area contributed by atoms with E-state index >= 15 is 0 Å². The van der Waals surface area contributed by atoms with E-state index in [1.807, 2.05) is 0 Å².